The van der Waals surface area contributed by atoms with E-state index in [0.29, 0.717) is 0 Å². The Hall–Kier alpha value is -0.820. The molecule has 1 rings (SSSR count). The minimum atomic E-state index is 1.13. The average Bonchev–Trinajstić information content (AvgIpc) is 2.54. The summed E-state index contributed by atoms with van der Waals surface area (Å²) in [5, 5.41) is 0. The lowest BCUT2D eigenvalue weighted by Crippen LogP contribution is -2.25. The topological polar surface area (TPSA) is 3.24 Å². The minimum Gasteiger partial charge on any atom is -0.299 e. The fourth-order valence-corrected chi connectivity index (χ4v) is 3.22. The second-order valence-corrected chi connectivity index (χ2v) is 7.09. The summed E-state index contributed by atoms with van der Waals surface area (Å²) >= 11 is 0. The van der Waals surface area contributed by atoms with Crippen LogP contribution in [0.15, 0.2) is 24.3 Å². The molecule has 0 spiro atoms. The van der Waals surface area contributed by atoms with Crippen LogP contribution in [0.3, 0.4) is 0 Å². The number of aryl methyl sites for hydroxylation is 1. The lowest BCUT2D eigenvalue weighted by Gasteiger charge is -2.22. The maximum absolute atomic E-state index is 2.69. The molecule has 1 aromatic carbocycles. The van der Waals surface area contributed by atoms with E-state index >= 15 is 0 Å². The van der Waals surface area contributed by atoms with Crippen molar-refractivity contribution in [2.75, 3.05) is 13.1 Å². The highest BCUT2D eigenvalue weighted by molar-refractivity contribution is 5.22. The largest absolute Gasteiger partial charge is 0.299 e. The highest BCUT2D eigenvalue weighted by Gasteiger charge is 2.06. The van der Waals surface area contributed by atoms with Crippen LogP contribution in [-0.2, 0) is 6.54 Å². The van der Waals surface area contributed by atoms with E-state index in [2.05, 4.69) is 49.9 Å². The first-order chi connectivity index (χ1) is 11.3. The molecule has 0 aliphatic heterocycles. The van der Waals surface area contributed by atoms with Gasteiger partial charge in [0.05, 0.1) is 0 Å². The summed E-state index contributed by atoms with van der Waals surface area (Å²) in [6.07, 6.45) is 13.8. The third-order valence-corrected chi connectivity index (χ3v) is 4.64. The van der Waals surface area contributed by atoms with Crippen molar-refractivity contribution in [1.29, 1.82) is 0 Å². The van der Waals surface area contributed by atoms with E-state index < -0.39 is 0 Å². The maximum Gasteiger partial charge on any atom is 0.0233 e. The Kier molecular flexibility index (Phi) is 12.0. The van der Waals surface area contributed by atoms with E-state index in [4.69, 9.17) is 0 Å². The summed E-state index contributed by atoms with van der Waals surface area (Å²) in [6, 6.07) is 9.03. The number of nitrogens with zero attached hydrogens (tertiary/aromatic N) is 1. The van der Waals surface area contributed by atoms with Gasteiger partial charge in [0.2, 0.25) is 0 Å². The van der Waals surface area contributed by atoms with Crippen molar-refractivity contribution in [3.63, 3.8) is 0 Å². The van der Waals surface area contributed by atoms with Crippen molar-refractivity contribution >= 4 is 0 Å². The Morgan fingerprint density at radius 3 is 1.83 bits per heavy atom. The predicted molar refractivity (Wildman–Crippen MR) is 104 cm³/mol. The molecule has 0 radical (unpaired) electrons. The van der Waals surface area contributed by atoms with Gasteiger partial charge in [-0.3, -0.25) is 4.90 Å². The van der Waals surface area contributed by atoms with Crippen molar-refractivity contribution in [2.45, 2.75) is 91.5 Å². The van der Waals surface area contributed by atoms with Crippen molar-refractivity contribution in [3.8, 4) is 0 Å². The van der Waals surface area contributed by atoms with Gasteiger partial charge in [-0.1, -0.05) is 95.0 Å². The Morgan fingerprint density at radius 1 is 0.739 bits per heavy atom. The van der Waals surface area contributed by atoms with Crippen LogP contribution in [0.2, 0.25) is 0 Å². The molecule has 1 nitrogen and oxygen atoms in total. The van der Waals surface area contributed by atoms with Gasteiger partial charge in [0.25, 0.3) is 0 Å². The lowest BCUT2D eigenvalue weighted by molar-refractivity contribution is 0.252. The van der Waals surface area contributed by atoms with Crippen molar-refractivity contribution < 1.29 is 0 Å². The summed E-state index contributed by atoms with van der Waals surface area (Å²) in [4.78, 5) is 2.69. The molecule has 0 unspecified atom stereocenters. The van der Waals surface area contributed by atoms with Gasteiger partial charge in [0, 0.05) is 6.54 Å². The van der Waals surface area contributed by atoms with Gasteiger partial charge >= 0.3 is 0 Å². The first kappa shape index (κ1) is 20.2. The van der Waals surface area contributed by atoms with Gasteiger partial charge in [-0.05, 0) is 38.4 Å². The molecule has 0 saturated carbocycles. The van der Waals surface area contributed by atoms with Crippen LogP contribution in [0.25, 0.3) is 0 Å². The molecule has 0 saturated heterocycles. The minimum absolute atomic E-state index is 1.13. The zero-order valence-electron chi connectivity index (χ0n) is 15.9. The second-order valence-electron chi connectivity index (χ2n) is 7.09. The monoisotopic (exact) mass is 317 g/mol. The quantitative estimate of drug-likeness (QED) is 0.343. The van der Waals surface area contributed by atoms with Crippen LogP contribution in [0.4, 0.5) is 0 Å². The zero-order valence-corrected chi connectivity index (χ0v) is 15.9. The Labute approximate surface area is 145 Å². The molecule has 0 heterocycles. The van der Waals surface area contributed by atoms with Gasteiger partial charge in [-0.15, -0.1) is 0 Å². The first-order valence-corrected chi connectivity index (χ1v) is 10.0. The summed E-state index contributed by atoms with van der Waals surface area (Å²) in [6.45, 7) is 10.4. The molecule has 1 aromatic rings. The number of benzene rings is 1. The fourth-order valence-electron chi connectivity index (χ4n) is 3.22. The smallest absolute Gasteiger partial charge is 0.0233 e. The predicted octanol–water partition coefficient (Wildman–Crippen LogP) is 6.74. The van der Waals surface area contributed by atoms with E-state index in [1.165, 1.54) is 88.4 Å². The van der Waals surface area contributed by atoms with Gasteiger partial charge in [-0.2, -0.15) is 0 Å². The maximum atomic E-state index is 2.69. The molecule has 132 valence electrons. The molecular weight excluding hydrogens is 278 g/mol. The summed E-state index contributed by atoms with van der Waals surface area (Å²) in [5.74, 6) is 0. The first-order valence-electron chi connectivity index (χ1n) is 10.0. The van der Waals surface area contributed by atoms with Crippen LogP contribution in [-0.4, -0.2) is 18.0 Å². The highest BCUT2D eigenvalue weighted by Crippen LogP contribution is 2.12. The van der Waals surface area contributed by atoms with Crippen molar-refractivity contribution in [1.82, 2.24) is 4.90 Å². The molecule has 0 fully saturated rings. The Balaban J connectivity index is 2.37. The summed E-state index contributed by atoms with van der Waals surface area (Å²) in [7, 11) is 0. The Bertz CT molecular complexity index is 371. The molecule has 0 aromatic heterocycles. The molecule has 1 heteroatoms. The average molecular weight is 318 g/mol. The summed E-state index contributed by atoms with van der Waals surface area (Å²) < 4.78 is 0. The van der Waals surface area contributed by atoms with Gasteiger partial charge in [0.1, 0.15) is 0 Å². The van der Waals surface area contributed by atoms with Gasteiger partial charge in [-0.25, -0.2) is 0 Å². The highest BCUT2D eigenvalue weighted by atomic mass is 15.1. The van der Waals surface area contributed by atoms with Gasteiger partial charge in [0.15, 0.2) is 0 Å². The van der Waals surface area contributed by atoms with Crippen molar-refractivity contribution in [2.24, 2.45) is 0 Å². The van der Waals surface area contributed by atoms with E-state index in [-0.39, 0.29) is 0 Å². The SMILES string of the molecule is CCCCCCCN(CCCCCCC)Cc1cccc(C)c1. The molecule has 0 N–H and O–H groups in total. The third-order valence-electron chi connectivity index (χ3n) is 4.64. The number of hydrogen-bond acceptors (Lipinski definition) is 1. The van der Waals surface area contributed by atoms with E-state index in [0.717, 1.165) is 6.54 Å². The molecule has 0 aliphatic carbocycles. The fraction of sp³-hybridized carbons (Fsp3) is 0.727. The van der Waals surface area contributed by atoms with Crippen LogP contribution in [0.1, 0.15) is 89.2 Å². The molecule has 0 atom stereocenters. The number of unbranched alkanes of at least 4 members (excludes halogenated alkanes) is 8. The molecule has 23 heavy (non-hydrogen) atoms. The standard InChI is InChI=1S/C22H39N/c1-4-6-8-10-12-17-23(18-13-11-9-7-5-2)20-22-16-14-15-21(3)19-22/h14-16,19H,4-13,17-18,20H2,1-3H3. The van der Waals surface area contributed by atoms with E-state index in [1.54, 1.807) is 0 Å². The van der Waals surface area contributed by atoms with E-state index in [9.17, 15) is 0 Å². The normalized spacial score (nSPS) is 11.3. The molecule has 0 bridgehead atoms. The zero-order chi connectivity index (χ0) is 16.8. The summed E-state index contributed by atoms with van der Waals surface area (Å²) in [5.41, 5.74) is 2.86. The lowest BCUT2D eigenvalue weighted by atomic mass is 10.1. The molecule has 0 aliphatic rings. The van der Waals surface area contributed by atoms with Crippen LogP contribution in [0, 0.1) is 6.92 Å². The van der Waals surface area contributed by atoms with Crippen LogP contribution >= 0.6 is 0 Å². The Morgan fingerprint density at radius 2 is 1.30 bits per heavy atom. The number of hydrogen-bond donors (Lipinski definition) is 0. The second kappa shape index (κ2) is 13.6. The van der Waals surface area contributed by atoms with Gasteiger partial charge < -0.3 is 0 Å². The van der Waals surface area contributed by atoms with E-state index in [1.807, 2.05) is 0 Å². The van der Waals surface area contributed by atoms with Crippen LogP contribution < -0.4 is 0 Å². The molecular formula is C22H39N. The van der Waals surface area contributed by atoms with Crippen molar-refractivity contribution in [3.05, 3.63) is 35.4 Å². The number of rotatable bonds is 14. The van der Waals surface area contributed by atoms with Crippen LogP contribution in [0.5, 0.6) is 0 Å². The molecule has 0 amide bonds. The third kappa shape index (κ3) is 10.5.